The minimum absolute atomic E-state index is 0.811. The monoisotopic (exact) mass is 385 g/mol. The van der Waals surface area contributed by atoms with Gasteiger partial charge in [-0.15, -0.1) is 11.3 Å². The molecule has 0 amide bonds. The number of halogens is 1. The molecule has 0 fully saturated rings. The number of fused-ring (bicyclic) bond motifs is 3. The van der Waals surface area contributed by atoms with E-state index in [9.17, 15) is 0 Å². The van der Waals surface area contributed by atoms with Crippen LogP contribution in [-0.4, -0.2) is 0 Å². The van der Waals surface area contributed by atoms with Gasteiger partial charge in [0.05, 0.1) is 15.4 Å². The lowest BCUT2D eigenvalue weighted by atomic mass is 10.1. The summed E-state index contributed by atoms with van der Waals surface area (Å²) in [7, 11) is 0. The molecule has 5 rings (SSSR count). The number of thiophene rings is 1. The van der Waals surface area contributed by atoms with E-state index in [1.165, 1.54) is 21.2 Å². The van der Waals surface area contributed by atoms with Crippen molar-refractivity contribution in [1.29, 1.82) is 0 Å². The van der Waals surface area contributed by atoms with Crippen LogP contribution in [0.2, 0.25) is 5.02 Å². The number of anilines is 3. The van der Waals surface area contributed by atoms with Crippen molar-refractivity contribution in [2.45, 2.75) is 0 Å². The summed E-state index contributed by atoms with van der Waals surface area (Å²) in [6.45, 7) is 0. The minimum Gasteiger partial charge on any atom is -0.310 e. The number of para-hydroxylation sites is 2. The molecule has 0 saturated heterocycles. The molecule has 5 aromatic rings. The van der Waals surface area contributed by atoms with Gasteiger partial charge in [0.15, 0.2) is 0 Å². The van der Waals surface area contributed by atoms with Crippen molar-refractivity contribution in [3.8, 4) is 0 Å². The first-order chi connectivity index (χ1) is 13.3. The maximum atomic E-state index is 6.49. The molecule has 1 aromatic heterocycles. The highest BCUT2D eigenvalue weighted by molar-refractivity contribution is 7.26. The smallest absolute Gasteiger partial charge is 0.0584 e. The van der Waals surface area contributed by atoms with Gasteiger partial charge in [0.1, 0.15) is 0 Å². The van der Waals surface area contributed by atoms with Crippen molar-refractivity contribution in [3.63, 3.8) is 0 Å². The largest absolute Gasteiger partial charge is 0.310 e. The van der Waals surface area contributed by atoms with Crippen LogP contribution in [0.15, 0.2) is 97.1 Å². The second-order valence-electron chi connectivity index (χ2n) is 6.38. The van der Waals surface area contributed by atoms with E-state index in [0.29, 0.717) is 0 Å². The molecule has 0 saturated carbocycles. The summed E-state index contributed by atoms with van der Waals surface area (Å²) < 4.78 is 2.38. The molecule has 0 bridgehead atoms. The molecule has 1 heterocycles. The molecule has 0 spiro atoms. The Labute approximate surface area is 167 Å². The lowest BCUT2D eigenvalue weighted by molar-refractivity contribution is 1.30. The van der Waals surface area contributed by atoms with E-state index in [1.807, 2.05) is 24.3 Å². The van der Waals surface area contributed by atoms with Crippen molar-refractivity contribution in [3.05, 3.63) is 102 Å². The third-order valence-corrected chi connectivity index (χ3v) is 6.35. The Balaban J connectivity index is 1.86. The molecular formula is C24H16ClNS. The van der Waals surface area contributed by atoms with Crippen LogP contribution in [0, 0.1) is 0 Å². The maximum absolute atomic E-state index is 6.49. The Bertz CT molecular complexity index is 1190. The van der Waals surface area contributed by atoms with Crippen LogP contribution in [0.3, 0.4) is 0 Å². The Morgan fingerprint density at radius 2 is 1.26 bits per heavy atom. The van der Waals surface area contributed by atoms with Gasteiger partial charge in [-0.05, 0) is 42.5 Å². The number of nitrogens with zero attached hydrogens (tertiary/aromatic N) is 1. The first-order valence-electron chi connectivity index (χ1n) is 8.83. The SMILES string of the molecule is Clc1cccc2c1sc1cccc(N(c3ccccc3)c3ccccc3)c12. The van der Waals surface area contributed by atoms with Gasteiger partial charge < -0.3 is 4.90 Å². The van der Waals surface area contributed by atoms with Crippen LogP contribution >= 0.6 is 22.9 Å². The van der Waals surface area contributed by atoms with Crippen LogP contribution in [0.25, 0.3) is 20.2 Å². The molecule has 130 valence electrons. The second-order valence-corrected chi connectivity index (χ2v) is 7.83. The molecule has 0 radical (unpaired) electrons. The molecule has 0 aliphatic heterocycles. The molecule has 4 aromatic carbocycles. The summed E-state index contributed by atoms with van der Waals surface area (Å²) in [5.41, 5.74) is 3.44. The predicted octanol–water partition coefficient (Wildman–Crippen LogP) is 8.18. The van der Waals surface area contributed by atoms with E-state index in [0.717, 1.165) is 21.1 Å². The average Bonchev–Trinajstić information content (AvgIpc) is 3.11. The van der Waals surface area contributed by atoms with Gasteiger partial charge in [-0.2, -0.15) is 0 Å². The fourth-order valence-corrected chi connectivity index (χ4v) is 4.98. The topological polar surface area (TPSA) is 3.24 Å². The van der Waals surface area contributed by atoms with Gasteiger partial charge in [0, 0.05) is 26.8 Å². The third kappa shape index (κ3) is 2.78. The molecule has 0 unspecified atom stereocenters. The highest BCUT2D eigenvalue weighted by atomic mass is 35.5. The quantitative estimate of drug-likeness (QED) is 0.302. The fourth-order valence-electron chi connectivity index (χ4n) is 3.56. The molecule has 0 atom stereocenters. The van der Waals surface area contributed by atoms with Gasteiger partial charge in [0.25, 0.3) is 0 Å². The zero-order valence-corrected chi connectivity index (χ0v) is 16.0. The summed E-state index contributed by atoms with van der Waals surface area (Å²) in [4.78, 5) is 2.31. The van der Waals surface area contributed by atoms with Crippen molar-refractivity contribution in [1.82, 2.24) is 0 Å². The van der Waals surface area contributed by atoms with Gasteiger partial charge in [0.2, 0.25) is 0 Å². The maximum Gasteiger partial charge on any atom is 0.0584 e. The van der Waals surface area contributed by atoms with Crippen molar-refractivity contribution < 1.29 is 0 Å². The van der Waals surface area contributed by atoms with Gasteiger partial charge in [-0.1, -0.05) is 66.2 Å². The second kappa shape index (κ2) is 6.73. The van der Waals surface area contributed by atoms with E-state index in [4.69, 9.17) is 11.6 Å². The molecular weight excluding hydrogens is 370 g/mol. The normalized spacial score (nSPS) is 11.1. The van der Waals surface area contributed by atoms with E-state index in [-0.39, 0.29) is 0 Å². The highest BCUT2D eigenvalue weighted by Crippen LogP contribution is 2.45. The number of rotatable bonds is 3. The van der Waals surface area contributed by atoms with Crippen LogP contribution in [0.1, 0.15) is 0 Å². The predicted molar refractivity (Wildman–Crippen MR) is 119 cm³/mol. The Hall–Kier alpha value is -2.81. The van der Waals surface area contributed by atoms with Crippen LogP contribution < -0.4 is 4.90 Å². The van der Waals surface area contributed by atoms with E-state index in [2.05, 4.69) is 77.7 Å². The Morgan fingerprint density at radius 1 is 0.630 bits per heavy atom. The first-order valence-corrected chi connectivity index (χ1v) is 10.0. The van der Waals surface area contributed by atoms with Gasteiger partial charge >= 0.3 is 0 Å². The lowest BCUT2D eigenvalue weighted by Crippen LogP contribution is -2.09. The van der Waals surface area contributed by atoms with Crippen molar-refractivity contribution in [2.24, 2.45) is 0 Å². The molecule has 0 aliphatic rings. The first kappa shape index (κ1) is 16.4. The lowest BCUT2D eigenvalue weighted by Gasteiger charge is -2.26. The number of hydrogen-bond acceptors (Lipinski definition) is 2. The van der Waals surface area contributed by atoms with E-state index in [1.54, 1.807) is 11.3 Å². The van der Waals surface area contributed by atoms with Crippen LogP contribution in [-0.2, 0) is 0 Å². The summed E-state index contributed by atoms with van der Waals surface area (Å²) in [6, 6.07) is 33.6. The molecule has 3 heteroatoms. The summed E-state index contributed by atoms with van der Waals surface area (Å²) in [6.07, 6.45) is 0. The standard InChI is InChI=1S/C24H16ClNS/c25-20-14-7-13-19-23-21(15-8-16-22(23)27-24(19)20)26(17-9-3-1-4-10-17)18-11-5-2-6-12-18/h1-16H. The van der Waals surface area contributed by atoms with Crippen LogP contribution in [0.5, 0.6) is 0 Å². The number of hydrogen-bond donors (Lipinski definition) is 0. The van der Waals surface area contributed by atoms with Crippen molar-refractivity contribution >= 4 is 60.2 Å². The fraction of sp³-hybridized carbons (Fsp3) is 0. The third-order valence-electron chi connectivity index (χ3n) is 4.72. The highest BCUT2D eigenvalue weighted by Gasteiger charge is 2.18. The van der Waals surface area contributed by atoms with E-state index >= 15 is 0 Å². The molecule has 0 aliphatic carbocycles. The average molecular weight is 386 g/mol. The van der Waals surface area contributed by atoms with Gasteiger partial charge in [-0.3, -0.25) is 0 Å². The Kier molecular flexibility index (Phi) is 4.08. The van der Waals surface area contributed by atoms with Gasteiger partial charge in [-0.25, -0.2) is 0 Å². The summed E-state index contributed by atoms with van der Waals surface area (Å²) in [5, 5.41) is 3.26. The number of benzene rings is 4. The van der Waals surface area contributed by atoms with Crippen molar-refractivity contribution in [2.75, 3.05) is 4.90 Å². The van der Waals surface area contributed by atoms with Crippen LogP contribution in [0.4, 0.5) is 17.1 Å². The molecule has 1 nitrogen and oxygen atoms in total. The minimum atomic E-state index is 0.811. The molecule has 0 N–H and O–H groups in total. The zero-order chi connectivity index (χ0) is 18.2. The zero-order valence-electron chi connectivity index (χ0n) is 14.5. The van der Waals surface area contributed by atoms with E-state index < -0.39 is 0 Å². The molecule has 27 heavy (non-hydrogen) atoms. The Morgan fingerprint density at radius 3 is 1.93 bits per heavy atom. The summed E-state index contributed by atoms with van der Waals surface area (Å²) >= 11 is 8.24. The summed E-state index contributed by atoms with van der Waals surface area (Å²) in [5.74, 6) is 0.